The molecule has 0 rings (SSSR count). The van der Waals surface area contributed by atoms with E-state index in [1.54, 1.807) is 18.2 Å². The molecule has 0 heterocycles. The van der Waals surface area contributed by atoms with Crippen molar-refractivity contribution < 1.29 is 0 Å². The molecule has 0 bridgehead atoms. The van der Waals surface area contributed by atoms with Crippen molar-refractivity contribution in [3.05, 3.63) is 49.1 Å². The minimum absolute atomic E-state index is 1.24. The third-order valence-electron chi connectivity index (χ3n) is 0.788. The first kappa shape index (κ1) is 8.63. The van der Waals surface area contributed by atoms with Crippen molar-refractivity contribution in [1.82, 2.24) is 0 Å². The molecule has 0 radical (unpaired) electrons. The van der Waals surface area contributed by atoms with Gasteiger partial charge in [0.2, 0.25) is 0 Å². The standard InChI is InChI=1S/C9H11N/c1-2-3-4-5-6-7-8-9-10/h2-10H,1H2/b4-3+,6-5-,8-7+,10-9?. The van der Waals surface area contributed by atoms with Gasteiger partial charge in [0.1, 0.15) is 0 Å². The van der Waals surface area contributed by atoms with Crippen molar-refractivity contribution in [2.45, 2.75) is 0 Å². The van der Waals surface area contributed by atoms with Crippen LogP contribution in [0.5, 0.6) is 0 Å². The van der Waals surface area contributed by atoms with Gasteiger partial charge in [-0.3, -0.25) is 0 Å². The largest absolute Gasteiger partial charge is 0.309 e. The fourth-order valence-electron chi connectivity index (χ4n) is 0.391. The smallest absolute Gasteiger partial charge is 0.0177 e. The maximum Gasteiger partial charge on any atom is 0.0177 e. The van der Waals surface area contributed by atoms with Crippen molar-refractivity contribution in [2.24, 2.45) is 0 Å². The van der Waals surface area contributed by atoms with Crippen LogP contribution in [0.15, 0.2) is 49.1 Å². The minimum atomic E-state index is 1.24. The average molecular weight is 133 g/mol. The van der Waals surface area contributed by atoms with Crippen LogP contribution in [-0.4, -0.2) is 6.21 Å². The molecule has 0 aromatic carbocycles. The molecule has 1 N–H and O–H groups in total. The van der Waals surface area contributed by atoms with Crippen molar-refractivity contribution in [3.8, 4) is 0 Å². The summed E-state index contributed by atoms with van der Waals surface area (Å²) in [6.07, 6.45) is 13.8. The second-order valence-electron chi connectivity index (χ2n) is 1.56. The highest BCUT2D eigenvalue weighted by Gasteiger charge is 1.59. The van der Waals surface area contributed by atoms with E-state index in [1.807, 2.05) is 24.3 Å². The summed E-state index contributed by atoms with van der Waals surface area (Å²) >= 11 is 0. The third-order valence-corrected chi connectivity index (χ3v) is 0.788. The number of hydrogen-bond donors (Lipinski definition) is 1. The number of rotatable bonds is 4. The van der Waals surface area contributed by atoms with Crippen molar-refractivity contribution in [2.75, 3.05) is 0 Å². The Labute approximate surface area is 61.6 Å². The van der Waals surface area contributed by atoms with E-state index in [0.717, 1.165) is 0 Å². The van der Waals surface area contributed by atoms with Gasteiger partial charge in [0.25, 0.3) is 0 Å². The van der Waals surface area contributed by atoms with E-state index in [0.29, 0.717) is 0 Å². The predicted octanol–water partition coefficient (Wildman–Crippen LogP) is 2.49. The molecule has 0 aliphatic heterocycles. The lowest BCUT2D eigenvalue weighted by molar-refractivity contribution is 1.58. The van der Waals surface area contributed by atoms with E-state index in [2.05, 4.69) is 6.58 Å². The van der Waals surface area contributed by atoms with E-state index in [4.69, 9.17) is 5.41 Å². The fourth-order valence-corrected chi connectivity index (χ4v) is 0.391. The fraction of sp³-hybridized carbons (Fsp3) is 0. The first-order chi connectivity index (χ1) is 4.91. The van der Waals surface area contributed by atoms with Crippen LogP contribution in [-0.2, 0) is 0 Å². The minimum Gasteiger partial charge on any atom is -0.309 e. The zero-order valence-corrected chi connectivity index (χ0v) is 5.83. The summed E-state index contributed by atoms with van der Waals surface area (Å²) in [5.41, 5.74) is 0. The summed E-state index contributed by atoms with van der Waals surface area (Å²) in [7, 11) is 0. The maximum absolute atomic E-state index is 6.64. The van der Waals surface area contributed by atoms with Gasteiger partial charge in [0.05, 0.1) is 0 Å². The molecule has 0 aromatic heterocycles. The molecule has 0 aromatic rings. The Kier molecular flexibility index (Phi) is 6.58. The van der Waals surface area contributed by atoms with Crippen molar-refractivity contribution in [3.63, 3.8) is 0 Å². The highest BCUT2D eigenvalue weighted by molar-refractivity contribution is 5.68. The van der Waals surface area contributed by atoms with Gasteiger partial charge in [0.15, 0.2) is 0 Å². The molecule has 10 heavy (non-hydrogen) atoms. The van der Waals surface area contributed by atoms with Gasteiger partial charge in [-0.25, -0.2) is 0 Å². The van der Waals surface area contributed by atoms with Gasteiger partial charge in [-0.1, -0.05) is 43.0 Å². The molecule has 0 amide bonds. The number of hydrogen-bond acceptors (Lipinski definition) is 1. The van der Waals surface area contributed by atoms with Crippen LogP contribution >= 0.6 is 0 Å². The van der Waals surface area contributed by atoms with Crippen LogP contribution in [0.2, 0.25) is 0 Å². The first-order valence-corrected chi connectivity index (χ1v) is 3.03. The van der Waals surface area contributed by atoms with E-state index < -0.39 is 0 Å². The van der Waals surface area contributed by atoms with Crippen LogP contribution in [0.4, 0.5) is 0 Å². The van der Waals surface area contributed by atoms with E-state index in [-0.39, 0.29) is 0 Å². The van der Waals surface area contributed by atoms with E-state index in [9.17, 15) is 0 Å². The molecular weight excluding hydrogens is 122 g/mol. The molecule has 0 saturated carbocycles. The number of allylic oxidation sites excluding steroid dienone is 7. The lowest BCUT2D eigenvalue weighted by Gasteiger charge is -1.70. The Balaban J connectivity index is 3.55. The number of nitrogens with one attached hydrogen (secondary N) is 1. The molecule has 0 fully saturated rings. The van der Waals surface area contributed by atoms with Crippen LogP contribution in [0.25, 0.3) is 0 Å². The Morgan fingerprint density at radius 1 is 0.800 bits per heavy atom. The average Bonchev–Trinajstić information content (AvgIpc) is 1.97. The highest BCUT2D eigenvalue weighted by Crippen LogP contribution is 1.78. The summed E-state index contributed by atoms with van der Waals surface area (Å²) in [5, 5.41) is 6.64. The zero-order chi connectivity index (χ0) is 7.66. The SMILES string of the molecule is C=C/C=C/C=C\C=C\C=N. The molecule has 1 nitrogen and oxygen atoms in total. The van der Waals surface area contributed by atoms with Gasteiger partial charge >= 0.3 is 0 Å². The Hall–Kier alpha value is -1.37. The summed E-state index contributed by atoms with van der Waals surface area (Å²) in [6.45, 7) is 3.52. The Morgan fingerprint density at radius 2 is 1.30 bits per heavy atom. The van der Waals surface area contributed by atoms with Crippen LogP contribution < -0.4 is 0 Å². The maximum atomic E-state index is 6.64. The summed E-state index contributed by atoms with van der Waals surface area (Å²) in [6, 6.07) is 0. The van der Waals surface area contributed by atoms with E-state index in [1.165, 1.54) is 6.21 Å². The second kappa shape index (κ2) is 7.63. The Morgan fingerprint density at radius 3 is 1.80 bits per heavy atom. The first-order valence-electron chi connectivity index (χ1n) is 3.03. The zero-order valence-electron chi connectivity index (χ0n) is 5.83. The molecule has 52 valence electrons. The van der Waals surface area contributed by atoms with Crippen molar-refractivity contribution >= 4 is 6.21 Å². The molecule has 0 aliphatic carbocycles. The molecule has 1 heteroatoms. The molecule has 0 spiro atoms. The van der Waals surface area contributed by atoms with Gasteiger partial charge in [-0.15, -0.1) is 0 Å². The van der Waals surface area contributed by atoms with Crippen LogP contribution in [0.3, 0.4) is 0 Å². The van der Waals surface area contributed by atoms with Gasteiger partial charge in [0, 0.05) is 6.21 Å². The van der Waals surface area contributed by atoms with Gasteiger partial charge in [-0.05, 0) is 6.08 Å². The van der Waals surface area contributed by atoms with E-state index >= 15 is 0 Å². The molecular formula is C9H11N. The second-order valence-corrected chi connectivity index (χ2v) is 1.56. The summed E-state index contributed by atoms with van der Waals surface area (Å²) < 4.78 is 0. The van der Waals surface area contributed by atoms with Crippen LogP contribution in [0.1, 0.15) is 0 Å². The molecule has 0 aliphatic rings. The van der Waals surface area contributed by atoms with Crippen molar-refractivity contribution in [1.29, 1.82) is 5.41 Å². The monoisotopic (exact) mass is 133 g/mol. The van der Waals surface area contributed by atoms with Crippen LogP contribution in [0, 0.1) is 5.41 Å². The summed E-state index contributed by atoms with van der Waals surface area (Å²) in [5.74, 6) is 0. The molecule has 0 saturated heterocycles. The normalized spacial score (nSPS) is 11.6. The topological polar surface area (TPSA) is 23.9 Å². The molecule has 0 unspecified atom stereocenters. The Bertz CT molecular complexity index is 153. The van der Waals surface area contributed by atoms with Gasteiger partial charge in [-0.2, -0.15) is 0 Å². The lowest BCUT2D eigenvalue weighted by Crippen LogP contribution is -1.54. The quantitative estimate of drug-likeness (QED) is 0.450. The lowest BCUT2D eigenvalue weighted by atomic mass is 10.4. The predicted molar refractivity (Wildman–Crippen MR) is 46.4 cm³/mol. The molecule has 0 atom stereocenters. The third kappa shape index (κ3) is 6.63. The summed E-state index contributed by atoms with van der Waals surface area (Å²) in [4.78, 5) is 0. The van der Waals surface area contributed by atoms with Gasteiger partial charge < -0.3 is 5.41 Å². The highest BCUT2D eigenvalue weighted by atomic mass is 14.3.